The Bertz CT molecular complexity index is 1360. The maximum absolute atomic E-state index is 14.4. The molecule has 1 aliphatic carbocycles. The van der Waals surface area contributed by atoms with Gasteiger partial charge in [0.2, 0.25) is 0 Å². The van der Waals surface area contributed by atoms with Crippen molar-refractivity contribution in [1.29, 1.82) is 0 Å². The van der Waals surface area contributed by atoms with Crippen molar-refractivity contribution >= 4 is 23.1 Å². The molecule has 0 aliphatic heterocycles. The SMILES string of the molecule is C[C@H](n1cnnc1-c1nc(NC(=O)c2cc(-n3cnc(C4CC4)c3)c(F)cn2)cs1)C(F)(F)F. The molecule has 0 spiro atoms. The monoisotopic (exact) mass is 492 g/mol. The van der Waals surface area contributed by atoms with Crippen LogP contribution in [-0.4, -0.2) is 46.4 Å². The number of pyridine rings is 1. The Kier molecular flexibility index (Phi) is 5.38. The highest BCUT2D eigenvalue weighted by Gasteiger charge is 2.39. The summed E-state index contributed by atoms with van der Waals surface area (Å²) < 4.78 is 56.1. The lowest BCUT2D eigenvalue weighted by molar-refractivity contribution is -0.162. The zero-order valence-electron chi connectivity index (χ0n) is 17.5. The molecule has 176 valence electrons. The van der Waals surface area contributed by atoms with Crippen LogP contribution in [0.25, 0.3) is 16.5 Å². The molecule has 34 heavy (non-hydrogen) atoms. The molecule has 14 heteroatoms. The van der Waals surface area contributed by atoms with E-state index in [0.717, 1.165) is 53.9 Å². The summed E-state index contributed by atoms with van der Waals surface area (Å²) >= 11 is 0.991. The molecule has 1 aliphatic rings. The first-order valence-electron chi connectivity index (χ1n) is 10.1. The maximum Gasteiger partial charge on any atom is 0.408 e. The zero-order chi connectivity index (χ0) is 24.0. The number of hydrogen-bond acceptors (Lipinski definition) is 7. The zero-order valence-corrected chi connectivity index (χ0v) is 18.3. The van der Waals surface area contributed by atoms with Crippen LogP contribution >= 0.6 is 11.3 Å². The fourth-order valence-electron chi connectivity index (χ4n) is 3.26. The van der Waals surface area contributed by atoms with Crippen molar-refractivity contribution in [2.24, 2.45) is 0 Å². The van der Waals surface area contributed by atoms with Gasteiger partial charge in [-0.1, -0.05) is 0 Å². The van der Waals surface area contributed by atoms with E-state index in [9.17, 15) is 22.4 Å². The van der Waals surface area contributed by atoms with E-state index in [1.54, 1.807) is 6.20 Å². The van der Waals surface area contributed by atoms with Gasteiger partial charge >= 0.3 is 6.18 Å². The number of hydrogen-bond donors (Lipinski definition) is 1. The second-order valence-corrected chi connectivity index (χ2v) is 8.63. The number of anilines is 1. The summed E-state index contributed by atoms with van der Waals surface area (Å²) in [5.74, 6) is -0.886. The number of halogens is 4. The number of aromatic nitrogens is 7. The molecule has 9 nitrogen and oxygen atoms in total. The Labute approximate surface area is 193 Å². The van der Waals surface area contributed by atoms with E-state index in [1.807, 2.05) is 0 Å². The second-order valence-electron chi connectivity index (χ2n) is 7.77. The first-order chi connectivity index (χ1) is 16.2. The average Bonchev–Trinajstić information content (AvgIpc) is 3.18. The van der Waals surface area contributed by atoms with Crippen molar-refractivity contribution in [2.75, 3.05) is 5.32 Å². The van der Waals surface area contributed by atoms with Crippen molar-refractivity contribution in [3.63, 3.8) is 0 Å². The topological polar surface area (TPSA) is 103 Å². The van der Waals surface area contributed by atoms with Crippen LogP contribution in [0.4, 0.5) is 23.4 Å². The van der Waals surface area contributed by atoms with Gasteiger partial charge in [-0.3, -0.25) is 9.36 Å². The predicted molar refractivity (Wildman–Crippen MR) is 113 cm³/mol. The Morgan fingerprint density at radius 3 is 2.79 bits per heavy atom. The van der Waals surface area contributed by atoms with Crippen LogP contribution in [0, 0.1) is 5.82 Å². The molecule has 1 atom stereocenters. The molecule has 0 saturated heterocycles. The number of rotatable bonds is 6. The molecule has 0 radical (unpaired) electrons. The lowest BCUT2D eigenvalue weighted by Crippen LogP contribution is -2.23. The van der Waals surface area contributed by atoms with Crippen molar-refractivity contribution < 1.29 is 22.4 Å². The maximum atomic E-state index is 14.4. The summed E-state index contributed by atoms with van der Waals surface area (Å²) in [5, 5.41) is 11.4. The number of thiazole rings is 1. The van der Waals surface area contributed by atoms with Crippen molar-refractivity contribution in [2.45, 2.75) is 37.9 Å². The first kappa shape index (κ1) is 22.1. The molecule has 1 saturated carbocycles. The Balaban J connectivity index is 1.35. The fraction of sp³-hybridized carbons (Fsp3) is 0.300. The normalized spacial score (nSPS) is 14.9. The number of imidazole rings is 1. The summed E-state index contributed by atoms with van der Waals surface area (Å²) in [5.41, 5.74) is 0.916. The van der Waals surface area contributed by atoms with Crippen molar-refractivity contribution in [1.82, 2.24) is 34.3 Å². The van der Waals surface area contributed by atoms with E-state index in [1.165, 1.54) is 22.3 Å². The molecular formula is C20H16F4N8OS. The van der Waals surface area contributed by atoms with Gasteiger partial charge in [0.05, 0.1) is 23.9 Å². The minimum Gasteiger partial charge on any atom is -0.304 e. The third-order valence-corrected chi connectivity index (χ3v) is 6.18. The lowest BCUT2D eigenvalue weighted by Gasteiger charge is -2.17. The number of amides is 1. The van der Waals surface area contributed by atoms with Gasteiger partial charge in [0.15, 0.2) is 16.6 Å². The largest absolute Gasteiger partial charge is 0.408 e. The molecule has 1 amide bonds. The number of nitrogens with one attached hydrogen (secondary N) is 1. The Hall–Kier alpha value is -3.68. The summed E-state index contributed by atoms with van der Waals surface area (Å²) in [6.45, 7) is 0.981. The van der Waals surface area contributed by atoms with Gasteiger partial charge in [-0.25, -0.2) is 19.3 Å². The second kappa shape index (κ2) is 8.27. The molecule has 1 N–H and O–H groups in total. The highest BCUT2D eigenvalue weighted by molar-refractivity contribution is 7.13. The van der Waals surface area contributed by atoms with Crippen LogP contribution in [0.1, 0.15) is 47.9 Å². The van der Waals surface area contributed by atoms with Crippen LogP contribution in [0.3, 0.4) is 0 Å². The lowest BCUT2D eigenvalue weighted by atomic mass is 10.3. The fourth-order valence-corrected chi connectivity index (χ4v) is 4.00. The average molecular weight is 492 g/mol. The van der Waals surface area contributed by atoms with E-state index >= 15 is 0 Å². The van der Waals surface area contributed by atoms with Crippen LogP contribution in [-0.2, 0) is 0 Å². The van der Waals surface area contributed by atoms with Crippen molar-refractivity contribution in [3.05, 3.63) is 53.7 Å². The van der Waals surface area contributed by atoms with Crippen LogP contribution < -0.4 is 5.32 Å². The standard InChI is InChI=1S/C20H16F4N8OS/c1-10(20(22,23)24)32-9-27-30-17(32)19-29-16(7-34-19)28-18(33)13-4-15(12(21)5-25-13)31-6-14(26-8-31)11-2-3-11/h4-11H,2-3H2,1H3,(H,28,33)/t10-/m0/s1. The molecule has 0 unspecified atom stereocenters. The molecule has 5 rings (SSSR count). The number of carbonyl (C=O) groups excluding carboxylic acids is 1. The molecular weight excluding hydrogens is 476 g/mol. The molecule has 1 fully saturated rings. The van der Waals surface area contributed by atoms with Gasteiger partial charge in [0.1, 0.15) is 23.9 Å². The number of alkyl halides is 3. The predicted octanol–water partition coefficient (Wildman–Crippen LogP) is 4.37. The van der Waals surface area contributed by atoms with Crippen LogP contribution in [0.2, 0.25) is 0 Å². The molecule has 4 heterocycles. The number of carbonyl (C=O) groups is 1. The molecule has 0 bridgehead atoms. The van der Waals surface area contributed by atoms with Crippen molar-refractivity contribution in [3.8, 4) is 16.5 Å². The van der Waals surface area contributed by atoms with E-state index in [4.69, 9.17) is 0 Å². The smallest absolute Gasteiger partial charge is 0.304 e. The number of nitrogens with zero attached hydrogens (tertiary/aromatic N) is 7. The minimum atomic E-state index is -4.49. The van der Waals surface area contributed by atoms with Gasteiger partial charge in [-0.05, 0) is 25.8 Å². The van der Waals surface area contributed by atoms with Gasteiger partial charge < -0.3 is 9.88 Å². The highest BCUT2D eigenvalue weighted by Crippen LogP contribution is 2.39. The summed E-state index contributed by atoms with van der Waals surface area (Å²) in [7, 11) is 0. The molecule has 0 aromatic carbocycles. The third kappa shape index (κ3) is 4.27. The van der Waals surface area contributed by atoms with Gasteiger partial charge in [-0.15, -0.1) is 21.5 Å². The quantitative estimate of drug-likeness (QED) is 0.401. The van der Waals surface area contributed by atoms with E-state index in [0.29, 0.717) is 5.92 Å². The summed E-state index contributed by atoms with van der Waals surface area (Å²) in [4.78, 5) is 25.0. The minimum absolute atomic E-state index is 0.0681. The van der Waals surface area contributed by atoms with Gasteiger partial charge in [-0.2, -0.15) is 13.2 Å². The molecule has 4 aromatic rings. The van der Waals surface area contributed by atoms with Crippen LogP contribution in [0.15, 0.2) is 36.5 Å². The van der Waals surface area contributed by atoms with Gasteiger partial charge in [0.25, 0.3) is 5.91 Å². The van der Waals surface area contributed by atoms with Gasteiger partial charge in [0, 0.05) is 17.5 Å². The van der Waals surface area contributed by atoms with E-state index < -0.39 is 23.9 Å². The highest BCUT2D eigenvalue weighted by atomic mass is 32.1. The van der Waals surface area contributed by atoms with E-state index in [-0.39, 0.29) is 28.0 Å². The molecule has 4 aromatic heterocycles. The summed E-state index contributed by atoms with van der Waals surface area (Å²) in [6, 6.07) is -0.567. The Morgan fingerprint density at radius 1 is 1.26 bits per heavy atom. The summed E-state index contributed by atoms with van der Waals surface area (Å²) in [6.07, 6.45) is 2.72. The Morgan fingerprint density at radius 2 is 2.06 bits per heavy atom. The third-order valence-electron chi connectivity index (χ3n) is 5.35. The van der Waals surface area contributed by atoms with Crippen LogP contribution in [0.5, 0.6) is 0 Å². The van der Waals surface area contributed by atoms with E-state index in [2.05, 4.69) is 30.5 Å². The first-order valence-corrected chi connectivity index (χ1v) is 11.0.